The standard InChI is InChI=1S/C26H35ClF3N5O5/c1-25(2,3)18(32-21(37)15-8-26(15,29)30)23(39)34-9-11-5-4-6-12(11)17(34)22(38)33-35(24(40)19(27)28)10-14-13-7-16(13)31-20(14)36/h11-19H,4-10H2,1-3H3,(H,31,36)(H,32,37)(H,33,38)/t11-,12-,13-,14+,15-,16-,17-,18+,19+/m0/s1. The van der Waals surface area contributed by atoms with Gasteiger partial charge in [-0.25, -0.2) is 18.2 Å². The van der Waals surface area contributed by atoms with Crippen molar-refractivity contribution in [2.75, 3.05) is 13.1 Å². The van der Waals surface area contributed by atoms with Gasteiger partial charge in [-0.3, -0.25) is 29.4 Å². The number of nitrogens with one attached hydrogen (secondary N) is 3. The number of fused-ring (bicyclic) bond motifs is 2. The van der Waals surface area contributed by atoms with Crippen molar-refractivity contribution in [1.29, 1.82) is 0 Å². The number of rotatable bonds is 7. The number of halogens is 4. The molecule has 0 unspecified atom stereocenters. The van der Waals surface area contributed by atoms with Crippen LogP contribution >= 0.6 is 11.6 Å². The molecule has 0 bridgehead atoms. The van der Waals surface area contributed by atoms with Crippen molar-refractivity contribution < 1.29 is 37.1 Å². The molecule has 14 heteroatoms. The van der Waals surface area contributed by atoms with E-state index in [1.165, 1.54) is 4.90 Å². The highest BCUT2D eigenvalue weighted by Gasteiger charge is 2.62. The highest BCUT2D eigenvalue weighted by atomic mass is 35.5. The van der Waals surface area contributed by atoms with Crippen molar-refractivity contribution in [2.24, 2.45) is 35.0 Å². The number of hydrazine groups is 1. The van der Waals surface area contributed by atoms with Crippen LogP contribution in [0.2, 0.25) is 0 Å². The van der Waals surface area contributed by atoms with Crippen LogP contribution in [-0.4, -0.2) is 82.2 Å². The molecule has 5 amide bonds. The normalized spacial score (nSPS) is 34.7. The van der Waals surface area contributed by atoms with E-state index in [9.17, 15) is 37.1 Å². The summed E-state index contributed by atoms with van der Waals surface area (Å²) >= 11 is 5.43. The van der Waals surface area contributed by atoms with Gasteiger partial charge in [-0.2, -0.15) is 0 Å². The van der Waals surface area contributed by atoms with E-state index in [0.29, 0.717) is 6.42 Å². The highest BCUT2D eigenvalue weighted by molar-refractivity contribution is 6.29. The van der Waals surface area contributed by atoms with Crippen molar-refractivity contribution >= 4 is 41.1 Å². The van der Waals surface area contributed by atoms with Gasteiger partial charge in [0, 0.05) is 19.0 Å². The lowest BCUT2D eigenvalue weighted by atomic mass is 9.85. The van der Waals surface area contributed by atoms with E-state index in [1.54, 1.807) is 20.8 Å². The molecule has 5 aliphatic rings. The summed E-state index contributed by atoms with van der Waals surface area (Å²) in [7, 11) is 0. The molecule has 10 nitrogen and oxygen atoms in total. The topological polar surface area (TPSA) is 128 Å². The van der Waals surface area contributed by atoms with Crippen LogP contribution in [0.1, 0.15) is 52.9 Å². The van der Waals surface area contributed by atoms with Crippen molar-refractivity contribution in [2.45, 2.75) is 82.6 Å². The summed E-state index contributed by atoms with van der Waals surface area (Å²) in [6.45, 7) is 5.01. The minimum absolute atomic E-state index is 0.00431. The third-order valence-electron chi connectivity index (χ3n) is 9.08. The summed E-state index contributed by atoms with van der Waals surface area (Å²) < 4.78 is 41.0. The maximum Gasteiger partial charge on any atom is 0.291 e. The number of nitrogens with zero attached hydrogens (tertiary/aromatic N) is 2. The lowest BCUT2D eigenvalue weighted by Gasteiger charge is -2.37. The molecule has 0 spiro atoms. The second-order valence-electron chi connectivity index (χ2n) is 13.0. The average molecular weight is 590 g/mol. The van der Waals surface area contributed by atoms with Crippen LogP contribution in [0.3, 0.4) is 0 Å². The van der Waals surface area contributed by atoms with Gasteiger partial charge in [-0.05, 0) is 42.4 Å². The van der Waals surface area contributed by atoms with Gasteiger partial charge in [-0.15, -0.1) is 0 Å². The largest absolute Gasteiger partial charge is 0.353 e. The van der Waals surface area contributed by atoms with Crippen LogP contribution < -0.4 is 16.1 Å². The number of hydrogen-bond donors (Lipinski definition) is 3. The molecular formula is C26H35ClF3N5O5. The van der Waals surface area contributed by atoms with Gasteiger partial charge in [0.1, 0.15) is 18.0 Å². The SMILES string of the molecule is CC(C)(C)[C@H](NC(=O)[C@@H]1CC1(F)F)C(=O)N1C[C@@H]2CCC[C@@H]2[C@H]1C(=O)NN(C[C@H]1C(=O)N[C@H]2C[C@H]21)C(=O)[C@@H](F)Cl. The van der Waals surface area contributed by atoms with E-state index in [1.807, 2.05) is 0 Å². The maximum absolute atomic E-state index is 13.9. The number of amides is 5. The first-order valence-electron chi connectivity index (χ1n) is 13.8. The van der Waals surface area contributed by atoms with Crippen molar-refractivity contribution in [1.82, 2.24) is 26.0 Å². The van der Waals surface area contributed by atoms with Gasteiger partial charge in [0.25, 0.3) is 23.4 Å². The Bertz CT molecular complexity index is 1120. The first-order valence-corrected chi connectivity index (χ1v) is 14.2. The summed E-state index contributed by atoms with van der Waals surface area (Å²) in [6.07, 6.45) is 2.38. The zero-order valence-corrected chi connectivity index (χ0v) is 23.3. The summed E-state index contributed by atoms with van der Waals surface area (Å²) in [4.78, 5) is 66.5. The molecule has 222 valence electrons. The number of hydrogen-bond acceptors (Lipinski definition) is 5. The summed E-state index contributed by atoms with van der Waals surface area (Å²) in [6, 6.07) is -2.22. The molecule has 3 aliphatic carbocycles. The van der Waals surface area contributed by atoms with Crippen LogP contribution in [0.4, 0.5) is 13.2 Å². The van der Waals surface area contributed by atoms with Crippen LogP contribution in [0.5, 0.6) is 0 Å². The van der Waals surface area contributed by atoms with E-state index < -0.39 is 70.9 Å². The van der Waals surface area contributed by atoms with Gasteiger partial charge in [0.15, 0.2) is 0 Å². The molecule has 3 N–H and O–H groups in total. The summed E-state index contributed by atoms with van der Waals surface area (Å²) in [5, 5.41) is 6.01. The Hall–Kier alpha value is -2.57. The van der Waals surface area contributed by atoms with Crippen molar-refractivity contribution in [3.8, 4) is 0 Å². The van der Waals surface area contributed by atoms with Crippen LogP contribution in [0.15, 0.2) is 0 Å². The molecule has 2 heterocycles. The Morgan fingerprint density at radius 1 is 1.18 bits per heavy atom. The third kappa shape index (κ3) is 5.37. The van der Waals surface area contributed by atoms with E-state index in [-0.39, 0.29) is 42.8 Å². The molecule has 0 aromatic carbocycles. The summed E-state index contributed by atoms with van der Waals surface area (Å²) in [5.41, 5.74) is -0.882. The third-order valence-corrected chi connectivity index (χ3v) is 9.27. The van der Waals surface area contributed by atoms with Gasteiger partial charge < -0.3 is 15.5 Å². The first-order chi connectivity index (χ1) is 18.6. The smallest absolute Gasteiger partial charge is 0.291 e. The fraction of sp³-hybridized carbons (Fsp3) is 0.808. The second-order valence-corrected chi connectivity index (χ2v) is 13.3. The summed E-state index contributed by atoms with van der Waals surface area (Å²) in [5.74, 6) is -9.27. The fourth-order valence-electron chi connectivity index (χ4n) is 6.66. The Morgan fingerprint density at radius 2 is 1.85 bits per heavy atom. The molecule has 40 heavy (non-hydrogen) atoms. The zero-order chi connectivity index (χ0) is 29.3. The average Bonchev–Trinajstić information content (AvgIpc) is 3.54. The predicted octanol–water partition coefficient (Wildman–Crippen LogP) is 1.33. The zero-order valence-electron chi connectivity index (χ0n) is 22.6. The van der Waals surface area contributed by atoms with Gasteiger partial charge in [0.2, 0.25) is 17.7 Å². The van der Waals surface area contributed by atoms with Gasteiger partial charge in [-0.1, -0.05) is 38.8 Å². The molecule has 9 atom stereocenters. The Balaban J connectivity index is 1.36. The minimum atomic E-state index is -3.11. The van der Waals surface area contributed by atoms with Crippen LogP contribution in [0.25, 0.3) is 0 Å². The molecule has 2 aliphatic heterocycles. The Morgan fingerprint density at radius 3 is 2.40 bits per heavy atom. The Labute approximate surface area is 235 Å². The quantitative estimate of drug-likeness (QED) is 0.305. The van der Waals surface area contributed by atoms with Crippen molar-refractivity contribution in [3.05, 3.63) is 0 Å². The lowest BCUT2D eigenvalue weighted by Crippen LogP contribution is -2.61. The lowest BCUT2D eigenvalue weighted by molar-refractivity contribution is -0.151. The Kier molecular flexibility index (Phi) is 7.28. The molecule has 5 rings (SSSR count). The van der Waals surface area contributed by atoms with Crippen LogP contribution in [-0.2, 0) is 24.0 Å². The number of carbonyl (C=O) groups is 5. The molecule has 5 fully saturated rings. The van der Waals surface area contributed by atoms with Gasteiger partial charge in [0.05, 0.1) is 12.5 Å². The van der Waals surface area contributed by atoms with Crippen LogP contribution in [0, 0.1) is 35.0 Å². The predicted molar refractivity (Wildman–Crippen MR) is 135 cm³/mol. The fourth-order valence-corrected chi connectivity index (χ4v) is 6.77. The number of piperidine rings is 1. The van der Waals surface area contributed by atoms with Crippen molar-refractivity contribution in [3.63, 3.8) is 0 Å². The number of likely N-dealkylation sites (tertiary alicyclic amines) is 1. The molecule has 3 saturated carbocycles. The highest BCUT2D eigenvalue weighted by Crippen LogP contribution is 2.49. The van der Waals surface area contributed by atoms with E-state index in [2.05, 4.69) is 16.1 Å². The van der Waals surface area contributed by atoms with Gasteiger partial charge >= 0.3 is 0 Å². The number of carbonyl (C=O) groups excluding carboxylic acids is 5. The molecule has 0 aromatic heterocycles. The monoisotopic (exact) mass is 589 g/mol. The van der Waals surface area contributed by atoms with E-state index in [0.717, 1.165) is 24.3 Å². The van der Waals surface area contributed by atoms with E-state index in [4.69, 9.17) is 11.6 Å². The molecule has 0 radical (unpaired) electrons. The molecule has 2 saturated heterocycles. The second kappa shape index (κ2) is 10.1. The van der Waals surface area contributed by atoms with E-state index >= 15 is 0 Å². The number of alkyl halides is 4. The molecule has 0 aromatic rings. The minimum Gasteiger partial charge on any atom is -0.353 e. The maximum atomic E-state index is 13.9. The first kappa shape index (κ1) is 28.9. The molecular weight excluding hydrogens is 555 g/mol.